The lowest BCUT2D eigenvalue weighted by Crippen LogP contribution is -2.48. The van der Waals surface area contributed by atoms with Crippen molar-refractivity contribution in [2.45, 2.75) is 122 Å². The van der Waals surface area contributed by atoms with Crippen LogP contribution in [0.3, 0.4) is 0 Å². The lowest BCUT2D eigenvalue weighted by atomic mass is 9.83. The zero-order valence-corrected chi connectivity index (χ0v) is 43.3. The van der Waals surface area contributed by atoms with E-state index < -0.39 is 18.1 Å². The molecule has 1 saturated carbocycles. The number of hydrogen-bond donors (Lipinski definition) is 4. The largest absolute Gasteiger partial charge is 0.507 e. The standard InChI is InChI=1S/C56H65N11O6S/c1-32(2)50(55(71)67-29-41(68)23-46(67)54(70)57-26-35-9-13-38(14-10-35)52-33(3)60-31-74-52)48-25-49(64-73-48)72-30-36-11-15-40(16-12-36)65-20-17-37(18-21-65)39-27-58-56(59-28-39)66-22-19-44-51(34(66)4)43-24-45(62-63-53(43)61-44)42-7-5-6-8-47(42)69/h5-10,13-14,24-25,27-28,31-32,34,36-37,40-41,46,50,68-69H,11-12,15-23,26,29-30H2,1-4H3,(H,57,70)(H,61,63)/t34-,36-,40-,41-,46+,50-/m1/s1. The lowest BCUT2D eigenvalue weighted by molar-refractivity contribution is -0.141. The molecule has 2 amide bonds. The molecule has 8 heterocycles. The first-order chi connectivity index (χ1) is 35.9. The second-order valence-corrected chi connectivity index (χ2v) is 22.0. The van der Waals surface area contributed by atoms with Crippen LogP contribution in [0.5, 0.6) is 11.6 Å². The smallest absolute Gasteiger partial charge is 0.254 e. The van der Waals surface area contributed by atoms with E-state index in [1.807, 2.05) is 81.1 Å². The van der Waals surface area contributed by atoms with E-state index >= 15 is 0 Å². The number of anilines is 1. The number of para-hydroxylation sites is 1. The van der Waals surface area contributed by atoms with E-state index in [4.69, 9.17) is 19.2 Å². The summed E-state index contributed by atoms with van der Waals surface area (Å²) in [5.41, 5.74) is 10.4. The van der Waals surface area contributed by atoms with Crippen molar-refractivity contribution in [3.8, 4) is 33.3 Å². The van der Waals surface area contributed by atoms with E-state index in [2.05, 4.69) is 47.4 Å². The predicted octanol–water partition coefficient (Wildman–Crippen LogP) is 8.50. The Kier molecular flexibility index (Phi) is 14.2. The molecule has 18 heteroatoms. The number of ether oxygens (including phenoxy) is 1. The summed E-state index contributed by atoms with van der Waals surface area (Å²) in [5.74, 6) is 1.06. The van der Waals surface area contributed by atoms with E-state index in [9.17, 15) is 19.8 Å². The predicted molar refractivity (Wildman–Crippen MR) is 282 cm³/mol. The zero-order valence-electron chi connectivity index (χ0n) is 42.5. The number of aryl methyl sites for hydroxylation is 1. The number of aliphatic hydroxyl groups excluding tert-OH is 1. The Bertz CT molecular complexity index is 3090. The van der Waals surface area contributed by atoms with Crippen molar-refractivity contribution in [3.63, 3.8) is 0 Å². The number of likely N-dealkylation sites (tertiary alicyclic amines) is 2. The molecule has 2 aromatic carbocycles. The highest BCUT2D eigenvalue weighted by Gasteiger charge is 2.43. The number of hydrogen-bond acceptors (Lipinski definition) is 15. The molecule has 7 aromatic rings. The number of fused-ring (bicyclic) bond motifs is 3. The second kappa shape index (κ2) is 21.2. The summed E-state index contributed by atoms with van der Waals surface area (Å²) in [5, 5.41) is 38.3. The molecule has 3 aliphatic heterocycles. The van der Waals surface area contributed by atoms with Gasteiger partial charge in [-0.05, 0) is 123 Å². The van der Waals surface area contributed by atoms with Gasteiger partial charge in [-0.1, -0.05) is 50.2 Å². The van der Waals surface area contributed by atoms with Gasteiger partial charge in [0.1, 0.15) is 17.7 Å². The van der Waals surface area contributed by atoms with Gasteiger partial charge in [0, 0.05) is 79.2 Å². The summed E-state index contributed by atoms with van der Waals surface area (Å²) in [7, 11) is 0. The Morgan fingerprint density at radius 3 is 2.46 bits per heavy atom. The molecule has 0 spiro atoms. The highest BCUT2D eigenvalue weighted by atomic mass is 32.1. The van der Waals surface area contributed by atoms with Crippen molar-refractivity contribution >= 4 is 40.1 Å². The number of H-pyrrole nitrogens is 1. The molecule has 1 aliphatic carbocycles. The Morgan fingerprint density at radius 1 is 0.959 bits per heavy atom. The van der Waals surface area contributed by atoms with Crippen LogP contribution in [0.2, 0.25) is 0 Å². The number of aliphatic hydroxyl groups is 1. The van der Waals surface area contributed by atoms with Crippen LogP contribution in [-0.2, 0) is 22.6 Å². The lowest BCUT2D eigenvalue weighted by Gasteiger charge is -2.40. The Balaban J connectivity index is 0.633. The molecule has 4 aliphatic rings. The molecule has 2 saturated heterocycles. The number of nitrogens with zero attached hydrogens (tertiary/aromatic N) is 9. The molecular weight excluding hydrogens is 955 g/mol. The fourth-order valence-corrected chi connectivity index (χ4v) is 12.8. The van der Waals surface area contributed by atoms with Crippen LogP contribution in [0.15, 0.2) is 83.1 Å². The maximum absolute atomic E-state index is 14.2. The van der Waals surface area contributed by atoms with Gasteiger partial charge in [-0.3, -0.25) is 9.59 Å². The third kappa shape index (κ3) is 10.1. The highest BCUT2D eigenvalue weighted by molar-refractivity contribution is 7.13. The minimum atomic E-state index is -0.807. The first kappa shape index (κ1) is 49.5. The number of β-amino-alcohol motifs (C(OH)–C–C–N with tert-alkyl or cyclic N) is 1. The monoisotopic (exact) mass is 1020 g/mol. The molecule has 5 aromatic heterocycles. The second-order valence-electron chi connectivity index (χ2n) is 21.1. The quantitative estimate of drug-likeness (QED) is 0.0805. The number of benzene rings is 2. The van der Waals surface area contributed by atoms with Gasteiger partial charge >= 0.3 is 0 Å². The average molecular weight is 1020 g/mol. The van der Waals surface area contributed by atoms with E-state index in [1.165, 1.54) is 16.0 Å². The van der Waals surface area contributed by atoms with Crippen LogP contribution >= 0.6 is 11.3 Å². The Hall–Kier alpha value is -6.76. The Labute approximate surface area is 434 Å². The number of phenolic OH excluding ortho intramolecular Hbond substituents is 1. The highest BCUT2D eigenvalue weighted by Crippen LogP contribution is 2.40. The summed E-state index contributed by atoms with van der Waals surface area (Å²) in [6, 6.07) is 18.7. The van der Waals surface area contributed by atoms with Crippen LogP contribution in [0.25, 0.3) is 32.7 Å². The van der Waals surface area contributed by atoms with Crippen molar-refractivity contribution < 1.29 is 29.1 Å². The van der Waals surface area contributed by atoms with Crippen molar-refractivity contribution in [3.05, 3.63) is 112 Å². The number of carbonyl (C=O) groups is 2. The third-order valence-electron chi connectivity index (χ3n) is 16.1. The molecule has 74 heavy (non-hydrogen) atoms. The molecule has 0 bridgehead atoms. The number of phenols is 1. The first-order valence-corrected chi connectivity index (χ1v) is 27.2. The van der Waals surface area contributed by atoms with Gasteiger partial charge in [0.2, 0.25) is 17.8 Å². The number of piperidine rings is 1. The van der Waals surface area contributed by atoms with Gasteiger partial charge in [-0.25, -0.2) is 15.0 Å². The molecular formula is C56H65N11O6S. The molecule has 3 fully saturated rings. The minimum absolute atomic E-state index is 0.0231. The normalized spacial score (nSPS) is 22.1. The number of rotatable bonds is 14. The molecule has 0 radical (unpaired) electrons. The van der Waals surface area contributed by atoms with Gasteiger partial charge in [0.25, 0.3) is 5.88 Å². The van der Waals surface area contributed by atoms with E-state index in [0.717, 1.165) is 109 Å². The maximum Gasteiger partial charge on any atom is 0.254 e. The van der Waals surface area contributed by atoms with E-state index in [1.54, 1.807) is 29.5 Å². The zero-order chi connectivity index (χ0) is 51.0. The molecule has 11 rings (SSSR count). The summed E-state index contributed by atoms with van der Waals surface area (Å²) in [4.78, 5) is 53.1. The van der Waals surface area contributed by atoms with Gasteiger partial charge < -0.3 is 44.5 Å². The fraction of sp³-hybridized carbons (Fsp3) is 0.464. The summed E-state index contributed by atoms with van der Waals surface area (Å²) < 4.78 is 12.0. The fourth-order valence-electron chi connectivity index (χ4n) is 11.9. The summed E-state index contributed by atoms with van der Waals surface area (Å²) >= 11 is 1.60. The van der Waals surface area contributed by atoms with Crippen molar-refractivity contribution in [2.75, 3.05) is 37.7 Å². The van der Waals surface area contributed by atoms with Gasteiger partial charge in [0.15, 0.2) is 11.4 Å². The van der Waals surface area contributed by atoms with Crippen LogP contribution in [0.4, 0.5) is 5.95 Å². The number of thiazole rings is 1. The van der Waals surface area contributed by atoms with Crippen LogP contribution < -0.4 is 15.0 Å². The molecule has 17 nitrogen and oxygen atoms in total. The summed E-state index contributed by atoms with van der Waals surface area (Å²) in [6.07, 6.45) is 10.8. The van der Waals surface area contributed by atoms with Gasteiger partial charge in [-0.15, -0.1) is 21.5 Å². The topological polar surface area (TPSA) is 212 Å². The average Bonchev–Trinajstić information content (AvgIpc) is 4.24. The Morgan fingerprint density at radius 2 is 1.73 bits per heavy atom. The van der Waals surface area contributed by atoms with Crippen LogP contribution in [-0.4, -0.2) is 118 Å². The third-order valence-corrected chi connectivity index (χ3v) is 17.1. The number of aromatic amines is 1. The number of nitrogens with one attached hydrogen (secondary N) is 2. The van der Waals surface area contributed by atoms with Crippen molar-refractivity contribution in [2.24, 2.45) is 11.8 Å². The number of amides is 2. The number of aromatic hydroxyl groups is 1. The maximum atomic E-state index is 14.2. The number of carbonyl (C=O) groups excluding carboxylic acids is 2. The van der Waals surface area contributed by atoms with E-state index in [-0.39, 0.29) is 42.5 Å². The van der Waals surface area contributed by atoms with E-state index in [0.29, 0.717) is 53.9 Å². The van der Waals surface area contributed by atoms with Crippen LogP contribution in [0.1, 0.15) is 117 Å². The molecule has 4 N–H and O–H groups in total. The molecule has 4 atom stereocenters. The first-order valence-electron chi connectivity index (χ1n) is 26.3. The van der Waals surface area contributed by atoms with Crippen molar-refractivity contribution in [1.29, 1.82) is 0 Å². The van der Waals surface area contributed by atoms with Gasteiger partial charge in [0.05, 0.1) is 40.5 Å². The van der Waals surface area contributed by atoms with Gasteiger partial charge in [-0.2, -0.15) is 0 Å². The molecule has 0 unspecified atom stereocenters. The molecule has 386 valence electrons. The van der Waals surface area contributed by atoms with Crippen molar-refractivity contribution in [1.82, 2.24) is 50.4 Å². The number of aromatic nitrogens is 7. The summed E-state index contributed by atoms with van der Waals surface area (Å²) in [6.45, 7) is 11.9. The SMILES string of the molecule is Cc1ncsc1-c1ccc(CNC(=O)[C@@H]2C[C@@H](O)CN2C(=O)[C@@H](c2cc(OC[C@H]3CC[C@H](N4CCC(c5cnc(N6CCc7[nH]c8nnc(-c9ccccc9O)cc8c7[C@H]6C)nc5)CC4)CC3)no2)C(C)C)cc1. The minimum Gasteiger partial charge on any atom is -0.507 e. The van der Waals surface area contributed by atoms with Crippen LogP contribution in [0, 0.1) is 18.8 Å².